The van der Waals surface area contributed by atoms with Crippen molar-refractivity contribution >= 4 is 40.8 Å². The lowest BCUT2D eigenvalue weighted by atomic mass is 10.1. The number of carboxylic acids is 1. The van der Waals surface area contributed by atoms with Crippen molar-refractivity contribution in [2.45, 2.75) is 6.92 Å². The Labute approximate surface area is 131 Å². The Kier molecular flexibility index (Phi) is 4.50. The summed E-state index contributed by atoms with van der Waals surface area (Å²) in [4.78, 5) is 23.5. The zero-order valence-corrected chi connectivity index (χ0v) is 12.5. The van der Waals surface area contributed by atoms with Crippen LogP contribution in [0.5, 0.6) is 0 Å². The Morgan fingerprint density at radius 3 is 2.19 bits per heavy atom. The minimum atomic E-state index is -1.25. The Hall–Kier alpha value is -2.04. The summed E-state index contributed by atoms with van der Waals surface area (Å²) in [6, 6.07) is 9.59. The fraction of sp³-hybridized carbons (Fsp3) is 0.0667. The number of aryl methyl sites for hydroxylation is 1. The third-order valence-electron chi connectivity index (χ3n) is 2.93. The molecule has 0 aliphatic heterocycles. The summed E-state index contributed by atoms with van der Waals surface area (Å²) in [6.45, 7) is 1.84. The highest BCUT2D eigenvalue weighted by Crippen LogP contribution is 2.27. The maximum Gasteiger partial charge on any atom is 0.336 e. The zero-order chi connectivity index (χ0) is 15.6. The van der Waals surface area contributed by atoms with Crippen LogP contribution < -0.4 is 5.32 Å². The van der Waals surface area contributed by atoms with Crippen LogP contribution in [0.15, 0.2) is 36.4 Å². The van der Waals surface area contributed by atoms with E-state index in [9.17, 15) is 9.59 Å². The number of para-hydroxylation sites is 1. The molecule has 0 radical (unpaired) electrons. The number of aromatic carboxylic acids is 1. The van der Waals surface area contributed by atoms with E-state index in [0.29, 0.717) is 5.69 Å². The summed E-state index contributed by atoms with van der Waals surface area (Å²) in [7, 11) is 0. The molecule has 6 heteroatoms. The van der Waals surface area contributed by atoms with Crippen molar-refractivity contribution in [3.05, 3.63) is 63.1 Å². The minimum Gasteiger partial charge on any atom is -0.478 e. The quantitative estimate of drug-likeness (QED) is 0.887. The van der Waals surface area contributed by atoms with Gasteiger partial charge < -0.3 is 10.4 Å². The predicted molar refractivity (Wildman–Crippen MR) is 82.6 cm³/mol. The standard InChI is InChI=1S/C15H11Cl2NO3/c1-8-4-2-3-5-13(8)18-14(19)9-6-11(16)12(17)7-10(9)15(20)21/h2-7H,1H3,(H,18,19)(H,20,21). The fourth-order valence-electron chi connectivity index (χ4n) is 1.81. The Bertz CT molecular complexity index is 729. The number of hydrogen-bond acceptors (Lipinski definition) is 2. The molecule has 0 spiro atoms. The Morgan fingerprint density at radius 2 is 1.62 bits per heavy atom. The first-order valence-corrected chi connectivity index (χ1v) is 6.75. The average Bonchev–Trinajstić information content (AvgIpc) is 2.43. The highest BCUT2D eigenvalue weighted by Gasteiger charge is 2.19. The van der Waals surface area contributed by atoms with E-state index in [4.69, 9.17) is 28.3 Å². The number of nitrogens with one attached hydrogen (secondary N) is 1. The van der Waals surface area contributed by atoms with Crippen molar-refractivity contribution in [1.82, 2.24) is 0 Å². The highest BCUT2D eigenvalue weighted by atomic mass is 35.5. The molecule has 0 bridgehead atoms. The van der Waals surface area contributed by atoms with E-state index < -0.39 is 11.9 Å². The summed E-state index contributed by atoms with van der Waals surface area (Å²) in [5.41, 5.74) is 1.23. The number of amides is 1. The molecule has 0 saturated carbocycles. The summed E-state index contributed by atoms with van der Waals surface area (Å²) < 4.78 is 0. The Morgan fingerprint density at radius 1 is 1.05 bits per heavy atom. The number of anilines is 1. The summed E-state index contributed by atoms with van der Waals surface area (Å²) in [5.74, 6) is -1.80. The molecule has 0 saturated heterocycles. The van der Waals surface area contributed by atoms with Gasteiger partial charge in [-0.05, 0) is 30.7 Å². The molecule has 0 unspecified atom stereocenters. The van der Waals surface area contributed by atoms with E-state index in [1.165, 1.54) is 12.1 Å². The van der Waals surface area contributed by atoms with Crippen LogP contribution in [0, 0.1) is 6.92 Å². The van der Waals surface area contributed by atoms with E-state index in [-0.39, 0.29) is 21.2 Å². The normalized spacial score (nSPS) is 10.2. The van der Waals surface area contributed by atoms with Crippen LogP contribution in [-0.2, 0) is 0 Å². The Balaban J connectivity index is 2.42. The molecular weight excluding hydrogens is 313 g/mol. The molecule has 2 aromatic carbocycles. The maximum atomic E-state index is 12.3. The molecule has 2 rings (SSSR count). The molecule has 0 aliphatic rings. The van der Waals surface area contributed by atoms with E-state index in [0.717, 1.165) is 5.56 Å². The van der Waals surface area contributed by atoms with Crippen molar-refractivity contribution in [3.63, 3.8) is 0 Å². The van der Waals surface area contributed by atoms with Crippen molar-refractivity contribution in [1.29, 1.82) is 0 Å². The first-order valence-electron chi connectivity index (χ1n) is 5.99. The van der Waals surface area contributed by atoms with E-state index in [1.807, 2.05) is 19.1 Å². The van der Waals surface area contributed by atoms with Crippen LogP contribution in [0.25, 0.3) is 0 Å². The molecule has 0 aromatic heterocycles. The third-order valence-corrected chi connectivity index (χ3v) is 3.65. The van der Waals surface area contributed by atoms with Gasteiger partial charge in [-0.1, -0.05) is 41.4 Å². The first kappa shape index (κ1) is 15.4. The van der Waals surface area contributed by atoms with Crippen molar-refractivity contribution in [2.24, 2.45) is 0 Å². The van der Waals surface area contributed by atoms with Crippen LogP contribution in [0.2, 0.25) is 10.0 Å². The molecule has 108 valence electrons. The first-order chi connectivity index (χ1) is 9.90. The average molecular weight is 324 g/mol. The molecule has 2 aromatic rings. The number of carboxylic acid groups (broad SMARTS) is 1. The molecule has 0 fully saturated rings. The summed E-state index contributed by atoms with van der Waals surface area (Å²) in [5, 5.41) is 12.0. The number of benzene rings is 2. The van der Waals surface area contributed by atoms with Crippen LogP contribution in [0.3, 0.4) is 0 Å². The van der Waals surface area contributed by atoms with Gasteiger partial charge in [0.2, 0.25) is 0 Å². The van der Waals surface area contributed by atoms with Gasteiger partial charge in [0.25, 0.3) is 5.91 Å². The monoisotopic (exact) mass is 323 g/mol. The minimum absolute atomic E-state index is 0.0415. The molecule has 4 nitrogen and oxygen atoms in total. The van der Waals surface area contributed by atoms with Crippen molar-refractivity contribution in [3.8, 4) is 0 Å². The maximum absolute atomic E-state index is 12.3. The van der Waals surface area contributed by atoms with Crippen LogP contribution in [-0.4, -0.2) is 17.0 Å². The number of rotatable bonds is 3. The zero-order valence-electron chi connectivity index (χ0n) is 11.0. The van der Waals surface area contributed by atoms with Gasteiger partial charge in [0.05, 0.1) is 21.2 Å². The number of hydrogen-bond donors (Lipinski definition) is 2. The van der Waals surface area contributed by atoms with Gasteiger partial charge >= 0.3 is 5.97 Å². The van der Waals surface area contributed by atoms with Gasteiger partial charge in [0, 0.05) is 5.69 Å². The fourth-order valence-corrected chi connectivity index (χ4v) is 2.14. The predicted octanol–water partition coefficient (Wildman–Crippen LogP) is 4.25. The lowest BCUT2D eigenvalue weighted by Crippen LogP contribution is -2.17. The summed E-state index contributed by atoms with van der Waals surface area (Å²) in [6.07, 6.45) is 0. The molecule has 0 heterocycles. The van der Waals surface area contributed by atoms with Gasteiger partial charge in [0.15, 0.2) is 0 Å². The van der Waals surface area contributed by atoms with Gasteiger partial charge in [-0.2, -0.15) is 0 Å². The molecule has 0 aliphatic carbocycles. The molecule has 1 amide bonds. The van der Waals surface area contributed by atoms with Crippen LogP contribution >= 0.6 is 23.2 Å². The topological polar surface area (TPSA) is 66.4 Å². The molecule has 0 atom stereocenters. The largest absolute Gasteiger partial charge is 0.478 e. The second-order valence-corrected chi connectivity index (χ2v) is 5.20. The smallest absolute Gasteiger partial charge is 0.336 e. The summed E-state index contributed by atoms with van der Waals surface area (Å²) >= 11 is 11.7. The lowest BCUT2D eigenvalue weighted by molar-refractivity contribution is 0.0692. The van der Waals surface area contributed by atoms with Crippen molar-refractivity contribution in [2.75, 3.05) is 5.32 Å². The van der Waals surface area contributed by atoms with Crippen molar-refractivity contribution < 1.29 is 14.7 Å². The molecule has 2 N–H and O–H groups in total. The van der Waals surface area contributed by atoms with E-state index in [1.54, 1.807) is 12.1 Å². The van der Waals surface area contributed by atoms with Gasteiger partial charge in [-0.3, -0.25) is 4.79 Å². The number of carbonyl (C=O) groups excluding carboxylic acids is 1. The second kappa shape index (κ2) is 6.16. The van der Waals surface area contributed by atoms with Gasteiger partial charge in [0.1, 0.15) is 0 Å². The second-order valence-electron chi connectivity index (χ2n) is 4.39. The lowest BCUT2D eigenvalue weighted by Gasteiger charge is -2.11. The number of carbonyl (C=O) groups is 2. The van der Waals surface area contributed by atoms with Crippen LogP contribution in [0.1, 0.15) is 26.3 Å². The van der Waals surface area contributed by atoms with E-state index in [2.05, 4.69) is 5.32 Å². The SMILES string of the molecule is Cc1ccccc1NC(=O)c1cc(Cl)c(Cl)cc1C(=O)O. The number of halogens is 2. The third kappa shape index (κ3) is 3.35. The van der Waals surface area contributed by atoms with E-state index >= 15 is 0 Å². The van der Waals surface area contributed by atoms with Gasteiger partial charge in [-0.15, -0.1) is 0 Å². The van der Waals surface area contributed by atoms with Gasteiger partial charge in [-0.25, -0.2) is 4.79 Å². The molecule has 21 heavy (non-hydrogen) atoms. The molecular formula is C15H11Cl2NO3. The highest BCUT2D eigenvalue weighted by molar-refractivity contribution is 6.42. The van der Waals surface area contributed by atoms with Crippen LogP contribution in [0.4, 0.5) is 5.69 Å².